The Kier molecular flexibility index (Phi) is 5.37. The molecule has 0 saturated heterocycles. The third-order valence-corrected chi connectivity index (χ3v) is 6.05. The maximum Gasteiger partial charge on any atom is 0.255 e. The van der Waals surface area contributed by atoms with Crippen LogP contribution in [0.2, 0.25) is 0 Å². The topological polar surface area (TPSA) is 66.1 Å². The number of ketones is 1. The average Bonchev–Trinajstić information content (AvgIpc) is 3.42. The van der Waals surface area contributed by atoms with E-state index in [-0.39, 0.29) is 34.9 Å². The zero-order valence-corrected chi connectivity index (χ0v) is 16.9. The van der Waals surface area contributed by atoms with Gasteiger partial charge in [-0.3, -0.25) is 14.6 Å². The molecule has 1 fully saturated rings. The van der Waals surface area contributed by atoms with Crippen LogP contribution >= 0.6 is 0 Å². The van der Waals surface area contributed by atoms with Crippen LogP contribution in [-0.4, -0.2) is 39.6 Å². The van der Waals surface area contributed by atoms with Gasteiger partial charge in [-0.2, -0.15) is 0 Å². The van der Waals surface area contributed by atoms with Gasteiger partial charge in [0.15, 0.2) is 0 Å². The number of pyridine rings is 1. The van der Waals surface area contributed by atoms with Crippen molar-refractivity contribution in [2.75, 3.05) is 7.05 Å². The smallest absolute Gasteiger partial charge is 0.255 e. The molecule has 30 heavy (non-hydrogen) atoms. The first kappa shape index (κ1) is 20.2. The number of rotatable bonds is 5. The number of carbonyl (C=O) groups is 2. The fourth-order valence-corrected chi connectivity index (χ4v) is 4.29. The first-order chi connectivity index (χ1) is 14.4. The predicted molar refractivity (Wildman–Crippen MR) is 110 cm³/mol. The first-order valence-corrected chi connectivity index (χ1v) is 10.1. The number of nitrogens with one attached hydrogen (secondary N) is 1. The second-order valence-corrected chi connectivity index (χ2v) is 7.85. The average molecular weight is 411 g/mol. The highest BCUT2D eigenvalue weighted by molar-refractivity contribution is 5.94. The molecule has 3 aromatic rings. The number of benzene rings is 1. The quantitative estimate of drug-likeness (QED) is 0.660. The van der Waals surface area contributed by atoms with Crippen molar-refractivity contribution in [1.82, 2.24) is 14.9 Å². The lowest BCUT2D eigenvalue weighted by atomic mass is 10.0. The number of aromatic amines is 1. The molecule has 4 rings (SSSR count). The van der Waals surface area contributed by atoms with Gasteiger partial charge in [0.25, 0.3) is 5.91 Å². The lowest BCUT2D eigenvalue weighted by Gasteiger charge is -2.24. The van der Waals surface area contributed by atoms with Crippen molar-refractivity contribution < 1.29 is 18.4 Å². The van der Waals surface area contributed by atoms with E-state index in [2.05, 4.69) is 9.97 Å². The third kappa shape index (κ3) is 3.60. The van der Waals surface area contributed by atoms with E-state index in [0.717, 1.165) is 18.9 Å². The number of hydrogen-bond acceptors (Lipinski definition) is 3. The van der Waals surface area contributed by atoms with Gasteiger partial charge in [0, 0.05) is 48.8 Å². The Morgan fingerprint density at radius 2 is 2.00 bits per heavy atom. The van der Waals surface area contributed by atoms with Crippen LogP contribution in [0.25, 0.3) is 22.2 Å². The van der Waals surface area contributed by atoms with Gasteiger partial charge in [-0.15, -0.1) is 0 Å². The van der Waals surface area contributed by atoms with Gasteiger partial charge in [0.2, 0.25) is 0 Å². The lowest BCUT2D eigenvalue weighted by molar-refractivity contribution is -0.122. The zero-order chi connectivity index (χ0) is 21.4. The van der Waals surface area contributed by atoms with Gasteiger partial charge in [-0.05, 0) is 43.5 Å². The molecule has 7 heteroatoms. The van der Waals surface area contributed by atoms with Crippen LogP contribution in [-0.2, 0) is 4.79 Å². The lowest BCUT2D eigenvalue weighted by Crippen LogP contribution is -2.36. The Bertz CT molecular complexity index is 1120. The summed E-state index contributed by atoms with van der Waals surface area (Å²) in [5.41, 5.74) is 0.781. The van der Waals surface area contributed by atoms with Crippen molar-refractivity contribution in [3.05, 3.63) is 53.9 Å². The van der Waals surface area contributed by atoms with Crippen molar-refractivity contribution in [3.8, 4) is 11.3 Å². The normalized spacial score (nSPS) is 18.7. The number of amides is 1. The van der Waals surface area contributed by atoms with Crippen LogP contribution in [0.4, 0.5) is 8.78 Å². The van der Waals surface area contributed by atoms with E-state index in [1.54, 1.807) is 30.3 Å². The van der Waals surface area contributed by atoms with Crippen LogP contribution in [0.5, 0.6) is 0 Å². The van der Waals surface area contributed by atoms with Crippen LogP contribution < -0.4 is 0 Å². The molecule has 1 aliphatic carbocycles. The van der Waals surface area contributed by atoms with E-state index >= 15 is 0 Å². The molecule has 1 amide bonds. The Labute approximate surface area is 173 Å². The van der Waals surface area contributed by atoms with Gasteiger partial charge in [-0.1, -0.05) is 6.92 Å². The number of nitrogens with zero attached hydrogens (tertiary/aromatic N) is 2. The molecule has 156 valence electrons. The Balaban J connectivity index is 1.55. The Hall–Kier alpha value is -3.09. The first-order valence-electron chi connectivity index (χ1n) is 10.1. The molecule has 0 unspecified atom stereocenters. The number of Topliss-reactive ketones (excluding diaryl/α,β-unsaturated/α-hetero) is 1. The number of fused-ring (bicyclic) bond motifs is 1. The standard InChI is InChI=1S/C23H23F2N3O2/c1-3-20(29)13-4-5-17(9-13)28(2)23(30)16-11-19(25)22(27-12-16)15-8-14-6-7-26-21(14)18(24)10-15/h6-8,10-13,17,26H,3-5,9H2,1-2H3/t13-,17+/m0/s1. The zero-order valence-electron chi connectivity index (χ0n) is 16.9. The molecule has 2 aromatic heterocycles. The molecule has 0 bridgehead atoms. The molecule has 1 aliphatic rings. The fourth-order valence-electron chi connectivity index (χ4n) is 4.29. The molecule has 1 aromatic carbocycles. The number of hydrogen-bond donors (Lipinski definition) is 1. The summed E-state index contributed by atoms with van der Waals surface area (Å²) in [5.74, 6) is -1.30. The molecule has 2 atom stereocenters. The summed E-state index contributed by atoms with van der Waals surface area (Å²) in [7, 11) is 1.67. The Morgan fingerprint density at radius 3 is 2.73 bits per heavy atom. The van der Waals surface area contributed by atoms with Crippen molar-refractivity contribution in [3.63, 3.8) is 0 Å². The maximum atomic E-state index is 14.8. The second kappa shape index (κ2) is 7.97. The van der Waals surface area contributed by atoms with E-state index in [9.17, 15) is 18.4 Å². The number of H-pyrrole nitrogens is 1. The summed E-state index contributed by atoms with van der Waals surface area (Å²) >= 11 is 0. The minimum absolute atomic E-state index is 0.00858. The molecule has 1 saturated carbocycles. The largest absolute Gasteiger partial charge is 0.359 e. The van der Waals surface area contributed by atoms with E-state index in [1.807, 2.05) is 6.92 Å². The monoisotopic (exact) mass is 411 g/mol. The van der Waals surface area contributed by atoms with Crippen molar-refractivity contribution in [2.45, 2.75) is 38.6 Å². The molecule has 0 radical (unpaired) electrons. The summed E-state index contributed by atoms with van der Waals surface area (Å²) in [4.78, 5) is 33.3. The van der Waals surface area contributed by atoms with Crippen molar-refractivity contribution in [1.29, 1.82) is 0 Å². The predicted octanol–water partition coefficient (Wildman–Crippen LogP) is 4.73. The molecule has 1 N–H and O–H groups in total. The fraction of sp³-hybridized carbons (Fsp3) is 0.348. The second-order valence-electron chi connectivity index (χ2n) is 7.85. The SMILES string of the molecule is CCC(=O)[C@H]1CC[C@@H](N(C)C(=O)c2cnc(-c3cc(F)c4[nH]ccc4c3)c(F)c2)C1. The van der Waals surface area contributed by atoms with Crippen LogP contribution in [0.15, 0.2) is 36.7 Å². The third-order valence-electron chi connectivity index (χ3n) is 6.05. The summed E-state index contributed by atoms with van der Waals surface area (Å²) in [5, 5.41) is 0.614. The van der Waals surface area contributed by atoms with E-state index in [4.69, 9.17) is 0 Å². The van der Waals surface area contributed by atoms with Crippen molar-refractivity contribution >= 4 is 22.6 Å². The molecule has 0 aliphatic heterocycles. The molecule has 5 nitrogen and oxygen atoms in total. The van der Waals surface area contributed by atoms with Crippen LogP contribution in [0.3, 0.4) is 0 Å². The highest BCUT2D eigenvalue weighted by Crippen LogP contribution is 2.31. The Morgan fingerprint density at radius 1 is 1.20 bits per heavy atom. The molecule has 0 spiro atoms. The highest BCUT2D eigenvalue weighted by atomic mass is 19.1. The highest BCUT2D eigenvalue weighted by Gasteiger charge is 2.33. The van der Waals surface area contributed by atoms with E-state index < -0.39 is 11.6 Å². The van der Waals surface area contributed by atoms with E-state index in [0.29, 0.717) is 29.3 Å². The van der Waals surface area contributed by atoms with Gasteiger partial charge < -0.3 is 9.88 Å². The molecular formula is C23H23F2N3O2. The van der Waals surface area contributed by atoms with Crippen LogP contribution in [0.1, 0.15) is 43.0 Å². The van der Waals surface area contributed by atoms with E-state index in [1.165, 1.54) is 12.3 Å². The molecular weight excluding hydrogens is 388 g/mol. The van der Waals surface area contributed by atoms with Gasteiger partial charge in [0.1, 0.15) is 23.1 Å². The van der Waals surface area contributed by atoms with Crippen molar-refractivity contribution in [2.24, 2.45) is 5.92 Å². The van der Waals surface area contributed by atoms with Gasteiger partial charge in [0.05, 0.1) is 11.1 Å². The minimum Gasteiger partial charge on any atom is -0.359 e. The van der Waals surface area contributed by atoms with Gasteiger partial charge >= 0.3 is 0 Å². The summed E-state index contributed by atoms with van der Waals surface area (Å²) < 4.78 is 29.0. The number of carbonyl (C=O) groups excluding carboxylic acids is 2. The number of aromatic nitrogens is 2. The maximum absolute atomic E-state index is 14.8. The minimum atomic E-state index is -0.686. The van der Waals surface area contributed by atoms with Crippen LogP contribution in [0, 0.1) is 17.6 Å². The summed E-state index contributed by atoms with van der Waals surface area (Å²) in [6.07, 6.45) is 5.59. The number of halogens is 2. The summed E-state index contributed by atoms with van der Waals surface area (Å²) in [6, 6.07) is 5.67. The summed E-state index contributed by atoms with van der Waals surface area (Å²) in [6.45, 7) is 1.85. The van der Waals surface area contributed by atoms with Gasteiger partial charge in [-0.25, -0.2) is 8.78 Å². The molecule has 2 heterocycles.